The lowest BCUT2D eigenvalue weighted by Gasteiger charge is -2.29. The molecule has 0 atom stereocenters. The highest BCUT2D eigenvalue weighted by Gasteiger charge is 2.26. The van der Waals surface area contributed by atoms with E-state index in [0.29, 0.717) is 25.9 Å². The zero-order valence-electron chi connectivity index (χ0n) is 9.02. The van der Waals surface area contributed by atoms with Gasteiger partial charge in [-0.2, -0.15) is 0 Å². The molecule has 1 saturated heterocycles. The molecule has 0 aromatic heterocycles. The average Bonchev–Trinajstić information content (AvgIpc) is 2.71. The number of likely N-dealkylation sites (tertiary alicyclic amines) is 1. The number of aliphatic hydroxyl groups excluding tert-OH is 1. The molecule has 0 unspecified atom stereocenters. The van der Waals surface area contributed by atoms with Gasteiger partial charge in [-0.05, 0) is 38.5 Å². The van der Waals surface area contributed by atoms with Crippen LogP contribution in [0.15, 0.2) is 0 Å². The zero-order chi connectivity index (χ0) is 10.7. The summed E-state index contributed by atoms with van der Waals surface area (Å²) < 4.78 is 5.39. The third-order valence-corrected chi connectivity index (χ3v) is 3.29. The summed E-state index contributed by atoms with van der Waals surface area (Å²) in [7, 11) is 0. The molecule has 2 fully saturated rings. The zero-order valence-corrected chi connectivity index (χ0v) is 9.02. The van der Waals surface area contributed by atoms with Gasteiger partial charge in [0, 0.05) is 13.1 Å². The summed E-state index contributed by atoms with van der Waals surface area (Å²) in [6.45, 7) is 1.26. The molecule has 1 amide bonds. The van der Waals surface area contributed by atoms with Gasteiger partial charge in [-0.1, -0.05) is 0 Å². The van der Waals surface area contributed by atoms with Gasteiger partial charge in [0.25, 0.3) is 0 Å². The molecular weight excluding hydrogens is 194 g/mol. The van der Waals surface area contributed by atoms with Gasteiger partial charge in [0.15, 0.2) is 0 Å². The van der Waals surface area contributed by atoms with Gasteiger partial charge >= 0.3 is 6.09 Å². The summed E-state index contributed by atoms with van der Waals surface area (Å²) in [5.41, 5.74) is 0. The van der Waals surface area contributed by atoms with Crippen molar-refractivity contribution in [3.05, 3.63) is 0 Å². The maximum atomic E-state index is 11.7. The van der Waals surface area contributed by atoms with Crippen LogP contribution in [0.4, 0.5) is 4.79 Å². The second-order valence-electron chi connectivity index (χ2n) is 4.51. The molecule has 1 aliphatic carbocycles. The van der Waals surface area contributed by atoms with Crippen LogP contribution < -0.4 is 0 Å². The van der Waals surface area contributed by atoms with E-state index in [0.717, 1.165) is 12.8 Å². The molecule has 0 radical (unpaired) electrons. The number of aliphatic hydroxyl groups is 1. The van der Waals surface area contributed by atoms with E-state index in [1.165, 1.54) is 12.8 Å². The van der Waals surface area contributed by atoms with Crippen LogP contribution in [0.3, 0.4) is 0 Å². The Morgan fingerprint density at radius 3 is 2.33 bits per heavy atom. The van der Waals surface area contributed by atoms with Crippen molar-refractivity contribution < 1.29 is 14.6 Å². The van der Waals surface area contributed by atoms with Crippen molar-refractivity contribution in [2.45, 2.75) is 50.7 Å². The van der Waals surface area contributed by atoms with Crippen LogP contribution in [0, 0.1) is 0 Å². The second kappa shape index (κ2) is 4.84. The largest absolute Gasteiger partial charge is 0.446 e. The fourth-order valence-corrected chi connectivity index (χ4v) is 2.27. The predicted octanol–water partition coefficient (Wildman–Crippen LogP) is 1.52. The normalized spacial score (nSPS) is 24.5. The van der Waals surface area contributed by atoms with E-state index < -0.39 is 0 Å². The van der Waals surface area contributed by atoms with E-state index in [-0.39, 0.29) is 18.3 Å². The van der Waals surface area contributed by atoms with E-state index in [1.54, 1.807) is 4.90 Å². The Bertz CT molecular complexity index is 218. The Morgan fingerprint density at radius 2 is 1.73 bits per heavy atom. The second-order valence-corrected chi connectivity index (χ2v) is 4.51. The fraction of sp³-hybridized carbons (Fsp3) is 0.909. The molecule has 1 heterocycles. The van der Waals surface area contributed by atoms with Crippen LogP contribution in [0.2, 0.25) is 0 Å². The third kappa shape index (κ3) is 2.84. The molecule has 15 heavy (non-hydrogen) atoms. The lowest BCUT2D eigenvalue weighted by Crippen LogP contribution is -2.41. The average molecular weight is 213 g/mol. The maximum absolute atomic E-state index is 11.7. The standard InChI is InChI=1S/C11H19NO3/c13-9-5-7-12(8-6-9)11(14)15-10-3-1-2-4-10/h9-10,13H,1-8H2. The summed E-state index contributed by atoms with van der Waals surface area (Å²) in [4.78, 5) is 13.4. The molecule has 4 heteroatoms. The summed E-state index contributed by atoms with van der Waals surface area (Å²) in [6.07, 6.45) is 5.47. The summed E-state index contributed by atoms with van der Waals surface area (Å²) in [6, 6.07) is 0. The van der Waals surface area contributed by atoms with Gasteiger partial charge in [0.05, 0.1) is 6.10 Å². The monoisotopic (exact) mass is 213 g/mol. The van der Waals surface area contributed by atoms with Crippen LogP contribution in [-0.2, 0) is 4.74 Å². The number of carbonyl (C=O) groups is 1. The molecule has 4 nitrogen and oxygen atoms in total. The number of hydrogen-bond donors (Lipinski definition) is 1. The first-order valence-electron chi connectivity index (χ1n) is 5.89. The van der Waals surface area contributed by atoms with Gasteiger partial charge in [0.1, 0.15) is 6.10 Å². The Balaban J connectivity index is 1.75. The highest BCUT2D eigenvalue weighted by atomic mass is 16.6. The van der Waals surface area contributed by atoms with Gasteiger partial charge in [-0.15, -0.1) is 0 Å². The first-order valence-corrected chi connectivity index (χ1v) is 5.89. The van der Waals surface area contributed by atoms with Crippen molar-refractivity contribution in [1.82, 2.24) is 4.90 Å². The summed E-state index contributed by atoms with van der Waals surface area (Å²) >= 11 is 0. The molecular formula is C11H19NO3. The van der Waals surface area contributed by atoms with E-state index in [2.05, 4.69) is 0 Å². The van der Waals surface area contributed by atoms with Gasteiger partial charge < -0.3 is 14.7 Å². The van der Waals surface area contributed by atoms with Gasteiger partial charge in [0.2, 0.25) is 0 Å². The minimum absolute atomic E-state index is 0.143. The SMILES string of the molecule is O=C(OC1CCCC1)N1CCC(O)CC1. The van der Waals surface area contributed by atoms with Gasteiger partial charge in [-0.25, -0.2) is 4.79 Å². The van der Waals surface area contributed by atoms with Crippen LogP contribution >= 0.6 is 0 Å². The van der Waals surface area contributed by atoms with Crippen molar-refractivity contribution >= 4 is 6.09 Å². The Morgan fingerprint density at radius 1 is 1.13 bits per heavy atom. The van der Waals surface area contributed by atoms with E-state index in [4.69, 9.17) is 4.74 Å². The number of nitrogens with zero attached hydrogens (tertiary/aromatic N) is 1. The molecule has 2 rings (SSSR count). The van der Waals surface area contributed by atoms with Crippen molar-refractivity contribution in [2.75, 3.05) is 13.1 Å². The summed E-state index contributed by atoms with van der Waals surface area (Å²) in [5.74, 6) is 0. The lowest BCUT2D eigenvalue weighted by molar-refractivity contribution is 0.0388. The Labute approximate surface area is 90.2 Å². The van der Waals surface area contributed by atoms with E-state index >= 15 is 0 Å². The van der Waals surface area contributed by atoms with Crippen LogP contribution in [0.25, 0.3) is 0 Å². The lowest BCUT2D eigenvalue weighted by atomic mass is 10.1. The first-order chi connectivity index (χ1) is 7.25. The molecule has 0 aromatic rings. The van der Waals surface area contributed by atoms with Crippen molar-refractivity contribution in [3.8, 4) is 0 Å². The quantitative estimate of drug-likeness (QED) is 0.718. The number of hydrogen-bond acceptors (Lipinski definition) is 3. The molecule has 86 valence electrons. The number of carbonyl (C=O) groups excluding carboxylic acids is 1. The van der Waals surface area contributed by atoms with Crippen LogP contribution in [-0.4, -0.2) is 41.4 Å². The molecule has 1 N–H and O–H groups in total. The molecule has 0 spiro atoms. The summed E-state index contributed by atoms with van der Waals surface area (Å²) in [5, 5.41) is 9.31. The minimum atomic E-state index is -0.236. The van der Waals surface area contributed by atoms with E-state index in [1.807, 2.05) is 0 Å². The van der Waals surface area contributed by atoms with Crippen LogP contribution in [0.1, 0.15) is 38.5 Å². The van der Waals surface area contributed by atoms with Crippen molar-refractivity contribution in [1.29, 1.82) is 0 Å². The van der Waals surface area contributed by atoms with Crippen LogP contribution in [0.5, 0.6) is 0 Å². The Kier molecular flexibility index (Phi) is 3.46. The number of amides is 1. The number of ether oxygens (including phenoxy) is 1. The molecule has 0 aromatic carbocycles. The van der Waals surface area contributed by atoms with E-state index in [9.17, 15) is 9.90 Å². The van der Waals surface area contributed by atoms with Crippen molar-refractivity contribution in [3.63, 3.8) is 0 Å². The Hall–Kier alpha value is -0.770. The fourth-order valence-electron chi connectivity index (χ4n) is 2.27. The smallest absolute Gasteiger partial charge is 0.410 e. The first kappa shape index (κ1) is 10.7. The van der Waals surface area contributed by atoms with Crippen molar-refractivity contribution in [2.24, 2.45) is 0 Å². The molecule has 1 aliphatic heterocycles. The number of rotatable bonds is 1. The highest BCUT2D eigenvalue weighted by molar-refractivity contribution is 5.67. The molecule has 0 bridgehead atoms. The van der Waals surface area contributed by atoms with Gasteiger partial charge in [-0.3, -0.25) is 0 Å². The topological polar surface area (TPSA) is 49.8 Å². The maximum Gasteiger partial charge on any atom is 0.410 e. The third-order valence-electron chi connectivity index (χ3n) is 3.29. The highest BCUT2D eigenvalue weighted by Crippen LogP contribution is 2.22. The predicted molar refractivity (Wildman–Crippen MR) is 55.6 cm³/mol. The molecule has 1 saturated carbocycles. The number of piperidine rings is 1. The molecule has 2 aliphatic rings. The minimum Gasteiger partial charge on any atom is -0.446 e.